The number of ether oxygens (including phenoxy) is 1. The Morgan fingerprint density at radius 2 is 1.81 bits per heavy atom. The van der Waals surface area contributed by atoms with Crippen LogP contribution >= 0.6 is 11.8 Å². The first-order valence-electron chi connectivity index (χ1n) is 7.99. The molecule has 0 aliphatic heterocycles. The highest BCUT2D eigenvalue weighted by atomic mass is 32.2. The third-order valence-electron chi connectivity index (χ3n) is 3.64. The van der Waals surface area contributed by atoms with Gasteiger partial charge in [-0.2, -0.15) is 8.78 Å². The van der Waals surface area contributed by atoms with Gasteiger partial charge >= 0.3 is 5.97 Å². The maximum atomic E-state index is 12.5. The molecule has 0 radical (unpaired) electrons. The Kier molecular flexibility index (Phi) is 7.59. The molecule has 0 heterocycles. The minimum Gasteiger partial charge on any atom is -0.452 e. The van der Waals surface area contributed by atoms with Crippen molar-refractivity contribution in [1.82, 2.24) is 5.32 Å². The first-order valence-corrected chi connectivity index (χ1v) is 8.87. The van der Waals surface area contributed by atoms with Gasteiger partial charge in [0.1, 0.15) is 0 Å². The molecule has 0 saturated carbocycles. The molecule has 1 N–H and O–H groups in total. The number of nitrogens with one attached hydrogen (secondary N) is 1. The van der Waals surface area contributed by atoms with E-state index in [1.165, 1.54) is 12.1 Å². The fourth-order valence-electron chi connectivity index (χ4n) is 2.32. The molecule has 26 heavy (non-hydrogen) atoms. The topological polar surface area (TPSA) is 55.4 Å². The van der Waals surface area contributed by atoms with E-state index in [0.29, 0.717) is 13.0 Å². The standard InChI is InChI=1S/C19H19F2NO3S/c1-13-6-2-3-7-14(13)10-11-22-17(23)12-25-18(24)15-8-4-5-9-16(15)26-19(20)21/h2-9,19H,10-12H2,1H3,(H,22,23). The second-order valence-corrected chi connectivity index (χ2v) is 6.51. The smallest absolute Gasteiger partial charge is 0.339 e. The Bertz CT molecular complexity index is 768. The molecule has 0 saturated heterocycles. The molecule has 0 spiro atoms. The number of halogens is 2. The third-order valence-corrected chi connectivity index (χ3v) is 4.42. The predicted octanol–water partition coefficient (Wildman–Crippen LogP) is 3.83. The van der Waals surface area contributed by atoms with Crippen LogP contribution in [-0.2, 0) is 16.0 Å². The largest absolute Gasteiger partial charge is 0.452 e. The summed E-state index contributed by atoms with van der Waals surface area (Å²) < 4.78 is 30.0. The Morgan fingerprint density at radius 1 is 1.12 bits per heavy atom. The van der Waals surface area contributed by atoms with Crippen molar-refractivity contribution in [2.24, 2.45) is 0 Å². The van der Waals surface area contributed by atoms with Crippen LogP contribution in [0.5, 0.6) is 0 Å². The minimum atomic E-state index is -2.64. The van der Waals surface area contributed by atoms with Gasteiger partial charge in [-0.05, 0) is 36.6 Å². The summed E-state index contributed by atoms with van der Waals surface area (Å²) in [5.74, 6) is -3.89. The molecule has 4 nitrogen and oxygen atoms in total. The van der Waals surface area contributed by atoms with E-state index < -0.39 is 24.2 Å². The van der Waals surface area contributed by atoms with E-state index in [2.05, 4.69) is 5.32 Å². The number of hydrogen-bond donors (Lipinski definition) is 1. The Morgan fingerprint density at radius 3 is 2.54 bits per heavy atom. The quantitative estimate of drug-likeness (QED) is 0.560. The van der Waals surface area contributed by atoms with Crippen LogP contribution < -0.4 is 5.32 Å². The van der Waals surface area contributed by atoms with Crippen molar-refractivity contribution in [1.29, 1.82) is 0 Å². The van der Waals surface area contributed by atoms with Crippen molar-refractivity contribution in [2.75, 3.05) is 13.2 Å². The van der Waals surface area contributed by atoms with Gasteiger partial charge in [0.15, 0.2) is 6.61 Å². The minimum absolute atomic E-state index is 0.0190. The van der Waals surface area contributed by atoms with Crippen LogP contribution in [0.15, 0.2) is 53.4 Å². The Labute approximate surface area is 154 Å². The zero-order valence-electron chi connectivity index (χ0n) is 14.2. The number of hydrogen-bond acceptors (Lipinski definition) is 4. The van der Waals surface area contributed by atoms with Crippen molar-refractivity contribution in [2.45, 2.75) is 24.0 Å². The molecule has 138 valence electrons. The van der Waals surface area contributed by atoms with Crippen molar-refractivity contribution >= 4 is 23.6 Å². The summed E-state index contributed by atoms with van der Waals surface area (Å²) in [5, 5.41) is 2.67. The average Bonchev–Trinajstić information content (AvgIpc) is 2.61. The van der Waals surface area contributed by atoms with Crippen LogP contribution in [0.1, 0.15) is 21.5 Å². The van der Waals surface area contributed by atoms with Gasteiger partial charge in [-0.25, -0.2) is 4.79 Å². The number of carbonyl (C=O) groups is 2. The van der Waals surface area contributed by atoms with Crippen LogP contribution in [0.3, 0.4) is 0 Å². The van der Waals surface area contributed by atoms with Crippen molar-refractivity contribution in [3.63, 3.8) is 0 Å². The van der Waals surface area contributed by atoms with Gasteiger partial charge in [-0.15, -0.1) is 0 Å². The first kappa shape index (κ1) is 19.9. The lowest BCUT2D eigenvalue weighted by Gasteiger charge is -2.10. The third kappa shape index (κ3) is 6.15. The molecule has 0 atom stereocenters. The molecule has 0 bridgehead atoms. The van der Waals surface area contributed by atoms with Gasteiger partial charge in [-0.3, -0.25) is 4.79 Å². The van der Waals surface area contributed by atoms with Crippen molar-refractivity contribution in [3.8, 4) is 0 Å². The fraction of sp³-hybridized carbons (Fsp3) is 0.263. The number of esters is 1. The van der Waals surface area contributed by atoms with E-state index in [9.17, 15) is 18.4 Å². The van der Waals surface area contributed by atoms with Gasteiger partial charge in [0.25, 0.3) is 11.7 Å². The van der Waals surface area contributed by atoms with E-state index in [4.69, 9.17) is 4.74 Å². The summed E-state index contributed by atoms with van der Waals surface area (Å²) in [6.07, 6.45) is 0.667. The normalized spacial score (nSPS) is 10.6. The number of aryl methyl sites for hydroxylation is 1. The monoisotopic (exact) mass is 379 g/mol. The SMILES string of the molecule is Cc1ccccc1CCNC(=O)COC(=O)c1ccccc1SC(F)F. The maximum absolute atomic E-state index is 12.5. The maximum Gasteiger partial charge on any atom is 0.339 e. The second kappa shape index (κ2) is 9.91. The van der Waals surface area contributed by atoms with Gasteiger partial charge in [0.2, 0.25) is 0 Å². The average molecular weight is 379 g/mol. The van der Waals surface area contributed by atoms with E-state index in [0.717, 1.165) is 11.1 Å². The van der Waals surface area contributed by atoms with E-state index in [1.54, 1.807) is 12.1 Å². The number of rotatable bonds is 8. The van der Waals surface area contributed by atoms with Gasteiger partial charge in [0.05, 0.1) is 5.56 Å². The Balaban J connectivity index is 1.80. The lowest BCUT2D eigenvalue weighted by molar-refractivity contribution is -0.124. The second-order valence-electron chi connectivity index (χ2n) is 5.48. The van der Waals surface area contributed by atoms with Crippen LogP contribution in [-0.4, -0.2) is 30.8 Å². The van der Waals surface area contributed by atoms with Crippen LogP contribution in [0.4, 0.5) is 8.78 Å². The zero-order chi connectivity index (χ0) is 18.9. The summed E-state index contributed by atoms with van der Waals surface area (Å²) in [7, 11) is 0. The molecule has 0 unspecified atom stereocenters. The summed E-state index contributed by atoms with van der Waals surface area (Å²) in [6, 6.07) is 13.8. The van der Waals surface area contributed by atoms with Gasteiger partial charge in [0, 0.05) is 11.4 Å². The molecule has 0 aromatic heterocycles. The summed E-state index contributed by atoms with van der Waals surface area (Å²) >= 11 is 0.266. The number of thioether (sulfide) groups is 1. The van der Waals surface area contributed by atoms with E-state index >= 15 is 0 Å². The molecular formula is C19H19F2NO3S. The van der Waals surface area contributed by atoms with Gasteiger partial charge in [-0.1, -0.05) is 48.2 Å². The molecule has 0 aliphatic carbocycles. The fourth-order valence-corrected chi connectivity index (χ4v) is 2.95. The van der Waals surface area contributed by atoms with Gasteiger partial charge < -0.3 is 10.1 Å². The molecule has 0 fully saturated rings. The molecule has 2 aromatic rings. The molecule has 2 aromatic carbocycles. The van der Waals surface area contributed by atoms with Crippen molar-refractivity contribution in [3.05, 3.63) is 65.2 Å². The number of benzene rings is 2. The summed E-state index contributed by atoms with van der Waals surface area (Å²) in [4.78, 5) is 24.0. The van der Waals surface area contributed by atoms with Crippen LogP contribution in [0, 0.1) is 6.92 Å². The van der Waals surface area contributed by atoms with E-state index in [1.807, 2.05) is 31.2 Å². The summed E-state index contributed by atoms with van der Waals surface area (Å²) in [6.45, 7) is 1.95. The highest BCUT2D eigenvalue weighted by molar-refractivity contribution is 7.99. The summed E-state index contributed by atoms with van der Waals surface area (Å²) in [5.41, 5.74) is 2.29. The zero-order valence-corrected chi connectivity index (χ0v) is 15.0. The highest BCUT2D eigenvalue weighted by Crippen LogP contribution is 2.28. The molecule has 2 rings (SSSR count). The van der Waals surface area contributed by atoms with Crippen LogP contribution in [0.25, 0.3) is 0 Å². The van der Waals surface area contributed by atoms with Crippen molar-refractivity contribution < 1.29 is 23.1 Å². The number of amides is 1. The lowest BCUT2D eigenvalue weighted by Crippen LogP contribution is -2.30. The molecule has 1 amide bonds. The molecule has 0 aliphatic rings. The molecule has 7 heteroatoms. The van der Waals surface area contributed by atoms with Crippen LogP contribution in [0.2, 0.25) is 0 Å². The number of alkyl halides is 2. The lowest BCUT2D eigenvalue weighted by atomic mass is 10.1. The Hall–Kier alpha value is -2.41. The van der Waals surface area contributed by atoms with E-state index in [-0.39, 0.29) is 22.2 Å². The molecular weight excluding hydrogens is 360 g/mol. The predicted molar refractivity (Wildman–Crippen MR) is 96.5 cm³/mol. The highest BCUT2D eigenvalue weighted by Gasteiger charge is 2.17. The number of carbonyl (C=O) groups excluding carboxylic acids is 2. The first-order chi connectivity index (χ1) is 12.5.